The molecule has 5 nitrogen and oxygen atoms in total. The van der Waals surface area contributed by atoms with Crippen LogP contribution in [-0.2, 0) is 12.0 Å². The van der Waals surface area contributed by atoms with Crippen molar-refractivity contribution in [2.24, 2.45) is 0 Å². The number of nitrogens with zero attached hydrogens (tertiary/aromatic N) is 4. The van der Waals surface area contributed by atoms with E-state index in [1.165, 1.54) is 0 Å². The third-order valence-corrected chi connectivity index (χ3v) is 2.50. The molecule has 0 atom stereocenters. The van der Waals surface area contributed by atoms with Crippen molar-refractivity contribution in [1.82, 2.24) is 20.0 Å². The molecule has 0 N–H and O–H groups in total. The first-order valence-electron chi connectivity index (χ1n) is 5.70. The van der Waals surface area contributed by atoms with Gasteiger partial charge in [-0.1, -0.05) is 20.8 Å². The largest absolute Gasteiger partial charge is 0.423 e. The van der Waals surface area contributed by atoms with Gasteiger partial charge in [0.1, 0.15) is 6.54 Å². The standard InChI is InChI=1S/C12H18N4O/c1-8-6-9(2)16(15-8)7-10-13-14-11(17-10)12(3,4)5/h6H,7H2,1-5H3. The van der Waals surface area contributed by atoms with E-state index >= 15 is 0 Å². The van der Waals surface area contributed by atoms with Gasteiger partial charge in [-0.15, -0.1) is 10.2 Å². The second-order valence-electron chi connectivity index (χ2n) is 5.34. The zero-order chi connectivity index (χ0) is 12.6. The van der Waals surface area contributed by atoms with Crippen molar-refractivity contribution in [2.75, 3.05) is 0 Å². The van der Waals surface area contributed by atoms with Crippen LogP contribution in [0.4, 0.5) is 0 Å². The van der Waals surface area contributed by atoms with Crippen molar-refractivity contribution in [3.05, 3.63) is 29.2 Å². The average molecular weight is 234 g/mol. The Morgan fingerprint density at radius 3 is 2.41 bits per heavy atom. The van der Waals surface area contributed by atoms with Crippen molar-refractivity contribution in [3.63, 3.8) is 0 Å². The Bertz CT molecular complexity index is 519. The number of rotatable bonds is 2. The molecule has 0 saturated carbocycles. The van der Waals surface area contributed by atoms with Gasteiger partial charge in [0.15, 0.2) is 0 Å². The zero-order valence-electron chi connectivity index (χ0n) is 11.0. The third kappa shape index (κ3) is 2.54. The summed E-state index contributed by atoms with van der Waals surface area (Å²) in [6.07, 6.45) is 0. The number of hydrogen-bond donors (Lipinski definition) is 0. The van der Waals surface area contributed by atoms with E-state index in [2.05, 4.69) is 15.3 Å². The van der Waals surface area contributed by atoms with E-state index in [9.17, 15) is 0 Å². The van der Waals surface area contributed by atoms with Crippen LogP contribution in [0.2, 0.25) is 0 Å². The first-order chi connectivity index (χ1) is 7.86. The maximum Gasteiger partial charge on any atom is 0.237 e. The van der Waals surface area contributed by atoms with Gasteiger partial charge in [-0.25, -0.2) is 0 Å². The Kier molecular flexibility index (Phi) is 2.77. The van der Waals surface area contributed by atoms with Gasteiger partial charge in [-0.2, -0.15) is 5.10 Å². The van der Waals surface area contributed by atoms with E-state index < -0.39 is 0 Å². The molecule has 0 saturated heterocycles. The number of hydrogen-bond acceptors (Lipinski definition) is 4. The zero-order valence-corrected chi connectivity index (χ0v) is 11.0. The summed E-state index contributed by atoms with van der Waals surface area (Å²) in [5, 5.41) is 12.5. The van der Waals surface area contributed by atoms with E-state index in [0.717, 1.165) is 11.4 Å². The van der Waals surface area contributed by atoms with Crippen molar-refractivity contribution in [1.29, 1.82) is 0 Å². The van der Waals surface area contributed by atoms with Crippen LogP contribution in [0.3, 0.4) is 0 Å². The molecule has 2 aromatic rings. The van der Waals surface area contributed by atoms with E-state index in [0.29, 0.717) is 18.3 Å². The van der Waals surface area contributed by atoms with E-state index in [1.54, 1.807) is 0 Å². The fourth-order valence-electron chi connectivity index (χ4n) is 1.58. The normalized spacial score (nSPS) is 12.1. The molecule has 0 radical (unpaired) electrons. The summed E-state index contributed by atoms with van der Waals surface area (Å²) < 4.78 is 7.50. The van der Waals surface area contributed by atoms with Crippen LogP contribution in [0, 0.1) is 13.8 Å². The Morgan fingerprint density at radius 2 is 1.94 bits per heavy atom. The lowest BCUT2D eigenvalue weighted by molar-refractivity contribution is 0.362. The maximum atomic E-state index is 5.63. The number of aryl methyl sites for hydroxylation is 2. The van der Waals surface area contributed by atoms with Gasteiger partial charge in [0, 0.05) is 11.1 Å². The highest BCUT2D eigenvalue weighted by molar-refractivity contribution is 5.07. The van der Waals surface area contributed by atoms with Crippen LogP contribution in [0.5, 0.6) is 0 Å². The summed E-state index contributed by atoms with van der Waals surface area (Å²) in [4.78, 5) is 0. The Morgan fingerprint density at radius 1 is 1.24 bits per heavy atom. The lowest BCUT2D eigenvalue weighted by Gasteiger charge is -2.11. The molecular formula is C12H18N4O. The molecule has 2 heterocycles. The lowest BCUT2D eigenvalue weighted by Crippen LogP contribution is -2.11. The van der Waals surface area contributed by atoms with E-state index in [1.807, 2.05) is 45.4 Å². The molecule has 0 fully saturated rings. The third-order valence-electron chi connectivity index (χ3n) is 2.50. The Hall–Kier alpha value is -1.65. The Balaban J connectivity index is 2.20. The summed E-state index contributed by atoms with van der Waals surface area (Å²) >= 11 is 0. The van der Waals surface area contributed by atoms with Gasteiger partial charge in [0.2, 0.25) is 11.8 Å². The van der Waals surface area contributed by atoms with Crippen LogP contribution in [0.15, 0.2) is 10.5 Å². The van der Waals surface area contributed by atoms with Crippen LogP contribution in [0.25, 0.3) is 0 Å². The molecule has 0 aliphatic rings. The van der Waals surface area contributed by atoms with Crippen molar-refractivity contribution in [2.45, 2.75) is 46.6 Å². The molecule has 92 valence electrons. The van der Waals surface area contributed by atoms with Gasteiger partial charge in [0.05, 0.1) is 5.69 Å². The predicted molar refractivity (Wildman–Crippen MR) is 63.8 cm³/mol. The van der Waals surface area contributed by atoms with Crippen molar-refractivity contribution >= 4 is 0 Å². The van der Waals surface area contributed by atoms with Crippen LogP contribution in [-0.4, -0.2) is 20.0 Å². The Labute approximate surface area is 101 Å². The molecule has 0 aliphatic carbocycles. The minimum Gasteiger partial charge on any atom is -0.423 e. The van der Waals surface area contributed by atoms with Crippen molar-refractivity contribution in [3.8, 4) is 0 Å². The van der Waals surface area contributed by atoms with Crippen LogP contribution < -0.4 is 0 Å². The highest BCUT2D eigenvalue weighted by atomic mass is 16.4. The summed E-state index contributed by atoms with van der Waals surface area (Å²) in [6.45, 7) is 10.7. The molecule has 17 heavy (non-hydrogen) atoms. The summed E-state index contributed by atoms with van der Waals surface area (Å²) in [7, 11) is 0. The molecule has 0 bridgehead atoms. The fourth-order valence-corrected chi connectivity index (χ4v) is 1.58. The van der Waals surface area contributed by atoms with E-state index in [-0.39, 0.29) is 5.41 Å². The number of aromatic nitrogens is 4. The van der Waals surface area contributed by atoms with Crippen molar-refractivity contribution < 1.29 is 4.42 Å². The predicted octanol–water partition coefficient (Wildman–Crippen LogP) is 2.23. The molecule has 5 heteroatoms. The van der Waals surface area contributed by atoms with Crippen LogP contribution >= 0.6 is 0 Å². The molecule has 0 aliphatic heterocycles. The van der Waals surface area contributed by atoms with Gasteiger partial charge < -0.3 is 4.42 Å². The lowest BCUT2D eigenvalue weighted by atomic mass is 9.97. The quantitative estimate of drug-likeness (QED) is 0.799. The summed E-state index contributed by atoms with van der Waals surface area (Å²) in [5.74, 6) is 1.26. The maximum absolute atomic E-state index is 5.63. The molecule has 2 aromatic heterocycles. The van der Waals surface area contributed by atoms with E-state index in [4.69, 9.17) is 4.42 Å². The van der Waals surface area contributed by atoms with Crippen LogP contribution in [0.1, 0.15) is 43.9 Å². The highest BCUT2D eigenvalue weighted by Crippen LogP contribution is 2.20. The SMILES string of the molecule is Cc1cc(C)n(Cc2nnc(C(C)(C)C)o2)n1. The van der Waals surface area contributed by atoms with Gasteiger partial charge >= 0.3 is 0 Å². The average Bonchev–Trinajstić information content (AvgIpc) is 2.74. The highest BCUT2D eigenvalue weighted by Gasteiger charge is 2.21. The first-order valence-corrected chi connectivity index (χ1v) is 5.70. The summed E-state index contributed by atoms with van der Waals surface area (Å²) in [5.41, 5.74) is 1.98. The molecule has 0 aromatic carbocycles. The smallest absolute Gasteiger partial charge is 0.237 e. The molecular weight excluding hydrogens is 216 g/mol. The summed E-state index contributed by atoms with van der Waals surface area (Å²) in [6, 6.07) is 2.03. The molecule has 2 rings (SSSR count). The topological polar surface area (TPSA) is 56.7 Å². The second-order valence-corrected chi connectivity index (χ2v) is 5.34. The second kappa shape index (κ2) is 3.98. The minimum absolute atomic E-state index is 0.111. The van der Waals surface area contributed by atoms with Gasteiger partial charge in [0.25, 0.3) is 0 Å². The molecule has 0 amide bonds. The van der Waals surface area contributed by atoms with Gasteiger partial charge in [-0.3, -0.25) is 4.68 Å². The monoisotopic (exact) mass is 234 g/mol. The van der Waals surface area contributed by atoms with Gasteiger partial charge in [-0.05, 0) is 19.9 Å². The molecule has 0 spiro atoms. The minimum atomic E-state index is -0.111. The first kappa shape index (κ1) is 11.8. The fraction of sp³-hybridized carbons (Fsp3) is 0.583. The molecule has 0 unspecified atom stereocenters.